The van der Waals surface area contributed by atoms with E-state index in [0.717, 1.165) is 36.5 Å². The van der Waals surface area contributed by atoms with Crippen LogP contribution in [-0.2, 0) is 13.0 Å². The summed E-state index contributed by atoms with van der Waals surface area (Å²) in [6.45, 7) is 5.00. The highest BCUT2D eigenvalue weighted by molar-refractivity contribution is 7.09. The maximum Gasteiger partial charge on any atom is 0.128 e. The van der Waals surface area contributed by atoms with Gasteiger partial charge in [-0.25, -0.2) is 4.39 Å². The number of H-pyrrole nitrogens is 1. The molecule has 0 atom stereocenters. The topological polar surface area (TPSA) is 31.9 Å². The molecule has 1 N–H and O–H groups in total. The number of aryl methyl sites for hydroxylation is 1. The normalized spacial score (nSPS) is 10.7. The van der Waals surface area contributed by atoms with E-state index >= 15 is 0 Å². The number of hydrogen-bond acceptors (Lipinski definition) is 3. The van der Waals surface area contributed by atoms with Crippen molar-refractivity contribution >= 4 is 17.2 Å². The van der Waals surface area contributed by atoms with Gasteiger partial charge in [-0.3, -0.25) is 5.10 Å². The summed E-state index contributed by atoms with van der Waals surface area (Å²) >= 11 is 1.72. The molecule has 118 valence electrons. The third-order valence-electron chi connectivity index (χ3n) is 3.67. The number of halogens is 1. The van der Waals surface area contributed by atoms with Gasteiger partial charge >= 0.3 is 0 Å². The predicted octanol–water partition coefficient (Wildman–Crippen LogP) is 4.76. The first-order valence-corrected chi connectivity index (χ1v) is 8.32. The van der Waals surface area contributed by atoms with Crippen LogP contribution in [0.3, 0.4) is 0 Å². The number of rotatable bonds is 7. The Morgan fingerprint density at radius 2 is 2.04 bits per heavy atom. The summed E-state index contributed by atoms with van der Waals surface area (Å²) in [6, 6.07) is 12.7. The molecule has 0 unspecified atom stereocenters. The number of nitrogens with zero attached hydrogens (tertiary/aromatic N) is 2. The van der Waals surface area contributed by atoms with Crippen molar-refractivity contribution in [2.24, 2.45) is 0 Å². The molecule has 2 heterocycles. The first kappa shape index (κ1) is 15.5. The Hall–Kier alpha value is -2.40. The number of aromatic amines is 1. The molecule has 0 amide bonds. The fourth-order valence-corrected chi connectivity index (χ4v) is 3.09. The van der Waals surface area contributed by atoms with Crippen LogP contribution in [0.1, 0.15) is 16.9 Å². The average Bonchev–Trinajstić information content (AvgIpc) is 3.25. The minimum absolute atomic E-state index is 0.204. The number of benzene rings is 1. The molecule has 0 saturated heterocycles. The molecule has 3 aromatic rings. The molecule has 0 bridgehead atoms. The number of nitrogens with one attached hydrogen (secondary N) is 1. The van der Waals surface area contributed by atoms with E-state index in [-0.39, 0.29) is 5.82 Å². The smallest absolute Gasteiger partial charge is 0.128 e. The number of hydrogen-bond donors (Lipinski definition) is 1. The van der Waals surface area contributed by atoms with Crippen molar-refractivity contribution in [1.29, 1.82) is 0 Å². The molecule has 0 saturated carbocycles. The number of aromatic nitrogens is 2. The summed E-state index contributed by atoms with van der Waals surface area (Å²) in [7, 11) is 0. The van der Waals surface area contributed by atoms with E-state index in [4.69, 9.17) is 0 Å². The second kappa shape index (κ2) is 7.24. The average molecular weight is 327 g/mol. The third-order valence-corrected chi connectivity index (χ3v) is 4.53. The van der Waals surface area contributed by atoms with Gasteiger partial charge in [0.05, 0.1) is 12.7 Å². The molecule has 5 heteroatoms. The van der Waals surface area contributed by atoms with Gasteiger partial charge in [0.1, 0.15) is 11.6 Å². The fourth-order valence-electron chi connectivity index (χ4n) is 2.40. The van der Waals surface area contributed by atoms with Crippen LogP contribution in [0.5, 0.6) is 0 Å². The summed E-state index contributed by atoms with van der Waals surface area (Å²) in [5, 5.41) is 9.11. The molecule has 0 spiro atoms. The Balaban J connectivity index is 1.68. The highest BCUT2D eigenvalue weighted by Gasteiger charge is 2.13. The Morgan fingerprint density at radius 1 is 1.22 bits per heavy atom. The Kier molecular flexibility index (Phi) is 4.88. The lowest BCUT2D eigenvalue weighted by Crippen LogP contribution is -2.21. The lowest BCUT2D eigenvalue weighted by atomic mass is 10.1. The molecule has 23 heavy (non-hydrogen) atoms. The van der Waals surface area contributed by atoms with Crippen molar-refractivity contribution in [2.75, 3.05) is 4.90 Å². The van der Waals surface area contributed by atoms with Gasteiger partial charge in [0.15, 0.2) is 0 Å². The first-order chi connectivity index (χ1) is 11.2. The zero-order valence-electron chi connectivity index (χ0n) is 12.7. The van der Waals surface area contributed by atoms with Gasteiger partial charge in [0.25, 0.3) is 0 Å². The predicted molar refractivity (Wildman–Crippen MR) is 93.0 cm³/mol. The lowest BCUT2D eigenvalue weighted by molar-refractivity contribution is 0.627. The van der Waals surface area contributed by atoms with Crippen LogP contribution in [0.15, 0.2) is 66.3 Å². The molecule has 3 rings (SSSR count). The maximum absolute atomic E-state index is 13.0. The van der Waals surface area contributed by atoms with Crippen molar-refractivity contribution in [1.82, 2.24) is 10.2 Å². The van der Waals surface area contributed by atoms with E-state index in [1.165, 1.54) is 17.0 Å². The zero-order valence-corrected chi connectivity index (χ0v) is 13.5. The summed E-state index contributed by atoms with van der Waals surface area (Å²) in [6.07, 6.45) is 3.37. The van der Waals surface area contributed by atoms with Gasteiger partial charge in [0.2, 0.25) is 0 Å². The first-order valence-electron chi connectivity index (χ1n) is 7.44. The fraction of sp³-hybridized carbons (Fsp3) is 0.167. The molecular formula is C18H18FN3S. The number of anilines is 1. The molecule has 0 fully saturated rings. The van der Waals surface area contributed by atoms with Crippen LogP contribution in [0, 0.1) is 5.82 Å². The quantitative estimate of drug-likeness (QED) is 0.678. The minimum atomic E-state index is -0.204. The second-order valence-electron chi connectivity index (χ2n) is 5.30. The van der Waals surface area contributed by atoms with Crippen LogP contribution in [-0.4, -0.2) is 10.2 Å². The van der Waals surface area contributed by atoms with Gasteiger partial charge in [-0.15, -0.1) is 11.3 Å². The van der Waals surface area contributed by atoms with Gasteiger partial charge in [-0.05, 0) is 42.0 Å². The molecule has 1 aromatic carbocycles. The summed E-state index contributed by atoms with van der Waals surface area (Å²) in [5.74, 6) is 0.729. The Labute approximate surface area is 139 Å². The van der Waals surface area contributed by atoms with Gasteiger partial charge < -0.3 is 4.90 Å². The van der Waals surface area contributed by atoms with Crippen LogP contribution in [0.2, 0.25) is 0 Å². The Morgan fingerprint density at radius 3 is 2.70 bits per heavy atom. The standard InChI is InChI=1S/C18H18FN3S/c1-14(4-5-15-6-8-16(19)9-7-15)22(18-10-11-20-21-18)13-17-3-2-12-23-17/h2-3,6-12H,1,4-5,13H2,(H,20,21). The summed E-state index contributed by atoms with van der Waals surface area (Å²) < 4.78 is 13.0. The minimum Gasteiger partial charge on any atom is -0.326 e. The van der Waals surface area contributed by atoms with Gasteiger partial charge in [-0.1, -0.05) is 24.8 Å². The molecule has 0 aliphatic heterocycles. The van der Waals surface area contributed by atoms with E-state index in [1.54, 1.807) is 17.5 Å². The second-order valence-corrected chi connectivity index (χ2v) is 6.33. The zero-order chi connectivity index (χ0) is 16.1. The van der Waals surface area contributed by atoms with Crippen molar-refractivity contribution in [2.45, 2.75) is 19.4 Å². The molecule has 0 aliphatic rings. The van der Waals surface area contributed by atoms with E-state index in [0.29, 0.717) is 0 Å². The molecule has 3 nitrogen and oxygen atoms in total. The monoisotopic (exact) mass is 327 g/mol. The van der Waals surface area contributed by atoms with E-state index in [2.05, 4.69) is 33.1 Å². The van der Waals surface area contributed by atoms with Crippen molar-refractivity contribution in [3.63, 3.8) is 0 Å². The van der Waals surface area contributed by atoms with Crippen LogP contribution in [0.4, 0.5) is 10.2 Å². The SMILES string of the molecule is C=C(CCc1ccc(F)cc1)N(Cc1cccs1)c1ccn[nH]1. The van der Waals surface area contributed by atoms with Crippen molar-refractivity contribution in [3.8, 4) is 0 Å². The van der Waals surface area contributed by atoms with Crippen molar-refractivity contribution in [3.05, 3.63) is 82.6 Å². The highest BCUT2D eigenvalue weighted by Crippen LogP contribution is 2.23. The van der Waals surface area contributed by atoms with Crippen LogP contribution >= 0.6 is 11.3 Å². The molecule has 0 aliphatic carbocycles. The van der Waals surface area contributed by atoms with Crippen molar-refractivity contribution < 1.29 is 4.39 Å². The molecule has 2 aromatic heterocycles. The van der Waals surface area contributed by atoms with E-state index in [9.17, 15) is 4.39 Å². The number of allylic oxidation sites excluding steroid dienone is 1. The maximum atomic E-state index is 13.0. The van der Waals surface area contributed by atoms with Crippen LogP contribution in [0.25, 0.3) is 0 Å². The molecular weight excluding hydrogens is 309 g/mol. The lowest BCUT2D eigenvalue weighted by Gasteiger charge is -2.24. The highest BCUT2D eigenvalue weighted by atomic mass is 32.1. The van der Waals surface area contributed by atoms with Gasteiger partial charge in [0, 0.05) is 16.6 Å². The van der Waals surface area contributed by atoms with Crippen LogP contribution < -0.4 is 4.90 Å². The molecule has 0 radical (unpaired) electrons. The Bertz CT molecular complexity index is 733. The third kappa shape index (κ3) is 4.07. The van der Waals surface area contributed by atoms with E-state index < -0.39 is 0 Å². The largest absolute Gasteiger partial charge is 0.326 e. The summed E-state index contributed by atoms with van der Waals surface area (Å²) in [5.41, 5.74) is 2.11. The number of thiophene rings is 1. The van der Waals surface area contributed by atoms with Gasteiger partial charge in [-0.2, -0.15) is 5.10 Å². The van der Waals surface area contributed by atoms with E-state index in [1.807, 2.05) is 24.3 Å². The summed E-state index contributed by atoms with van der Waals surface area (Å²) in [4.78, 5) is 3.41.